The third kappa shape index (κ3) is 6.17. The Morgan fingerprint density at radius 1 is 0.652 bits per heavy atom. The molecule has 9 heteroatoms. The average molecular weight is 356 g/mol. The molecule has 7 nitrogen and oxygen atoms in total. The van der Waals surface area contributed by atoms with Gasteiger partial charge in [0.05, 0.1) is 12.5 Å². The Balaban J connectivity index is 2.04. The molecular weight excluding hydrogens is 340 g/mol. The Morgan fingerprint density at radius 3 is 1.22 bits per heavy atom. The van der Waals surface area contributed by atoms with Crippen LogP contribution in [0.25, 0.3) is 0 Å². The van der Waals surface area contributed by atoms with E-state index in [1.807, 2.05) is 0 Å². The van der Waals surface area contributed by atoms with Gasteiger partial charge in [0.15, 0.2) is 0 Å². The molecule has 0 fully saturated rings. The molecule has 0 saturated heterocycles. The van der Waals surface area contributed by atoms with Crippen LogP contribution in [0.1, 0.15) is 0 Å². The lowest BCUT2D eigenvalue weighted by molar-refractivity contribution is 0.483. The molecule has 23 heavy (non-hydrogen) atoms. The molecule has 0 spiro atoms. The summed E-state index contributed by atoms with van der Waals surface area (Å²) in [6.07, 6.45) is 2.15. The third-order valence-electron chi connectivity index (χ3n) is 2.55. The van der Waals surface area contributed by atoms with E-state index in [0.29, 0.717) is 22.9 Å². The maximum absolute atomic E-state index is 11.1. The molecule has 0 saturated carbocycles. The molecular formula is C14H16N2O5S2. The van der Waals surface area contributed by atoms with Crippen molar-refractivity contribution >= 4 is 31.4 Å². The zero-order chi connectivity index (χ0) is 17.1. The zero-order valence-corrected chi connectivity index (χ0v) is 14.1. The lowest BCUT2D eigenvalue weighted by Gasteiger charge is -2.09. The smallest absolute Gasteiger partial charge is 0.229 e. The predicted octanol–water partition coefficient (Wildman–Crippen LogP) is 2.22. The molecule has 0 heterocycles. The largest absolute Gasteiger partial charge is 0.457 e. The lowest BCUT2D eigenvalue weighted by Crippen LogP contribution is -2.09. The summed E-state index contributed by atoms with van der Waals surface area (Å²) in [6, 6.07) is 12.8. The van der Waals surface area contributed by atoms with E-state index in [1.165, 1.54) is 0 Å². The molecule has 0 radical (unpaired) electrons. The van der Waals surface area contributed by atoms with E-state index >= 15 is 0 Å². The highest BCUT2D eigenvalue weighted by Crippen LogP contribution is 2.24. The van der Waals surface area contributed by atoms with Crippen molar-refractivity contribution < 1.29 is 21.6 Å². The van der Waals surface area contributed by atoms with Crippen molar-refractivity contribution in [2.75, 3.05) is 22.0 Å². The number of sulfonamides is 2. The van der Waals surface area contributed by atoms with E-state index in [2.05, 4.69) is 9.44 Å². The standard InChI is InChI=1S/C14H16N2O5S2/c1-22(17,18)15-11-3-7-13(8-4-11)21-14-9-5-12(6-10-14)16-23(2,19)20/h3-10,15-16H,1-2H3. The molecule has 0 bridgehead atoms. The fourth-order valence-electron chi connectivity index (χ4n) is 1.75. The summed E-state index contributed by atoms with van der Waals surface area (Å²) in [4.78, 5) is 0. The van der Waals surface area contributed by atoms with Crippen molar-refractivity contribution in [2.45, 2.75) is 0 Å². The van der Waals surface area contributed by atoms with E-state index in [-0.39, 0.29) is 0 Å². The summed E-state index contributed by atoms with van der Waals surface area (Å²) in [7, 11) is -6.63. The van der Waals surface area contributed by atoms with Crippen LogP contribution in [0.4, 0.5) is 11.4 Å². The van der Waals surface area contributed by atoms with Crippen LogP contribution in [0.5, 0.6) is 11.5 Å². The first-order valence-electron chi connectivity index (χ1n) is 6.44. The summed E-state index contributed by atoms with van der Waals surface area (Å²) in [5.74, 6) is 1.04. The molecule has 0 atom stereocenters. The van der Waals surface area contributed by atoms with Gasteiger partial charge >= 0.3 is 0 Å². The first-order valence-corrected chi connectivity index (χ1v) is 10.2. The average Bonchev–Trinajstić information content (AvgIpc) is 2.40. The topological polar surface area (TPSA) is 102 Å². The number of nitrogens with one attached hydrogen (secondary N) is 2. The summed E-state index contributed by atoms with van der Waals surface area (Å²) in [5, 5.41) is 0. The van der Waals surface area contributed by atoms with Gasteiger partial charge in [-0.2, -0.15) is 0 Å². The number of hydrogen-bond donors (Lipinski definition) is 2. The maximum Gasteiger partial charge on any atom is 0.229 e. The van der Waals surface area contributed by atoms with Gasteiger partial charge in [-0.25, -0.2) is 16.8 Å². The highest BCUT2D eigenvalue weighted by atomic mass is 32.2. The maximum atomic E-state index is 11.1. The minimum absolute atomic E-state index is 0.438. The van der Waals surface area contributed by atoms with Crippen LogP contribution in [0.2, 0.25) is 0 Å². The normalized spacial score (nSPS) is 11.7. The highest BCUT2D eigenvalue weighted by Gasteiger charge is 2.04. The Bertz CT molecular complexity index is 798. The minimum Gasteiger partial charge on any atom is -0.457 e. The summed E-state index contributed by atoms with van der Waals surface area (Å²) in [5.41, 5.74) is 0.875. The Kier molecular flexibility index (Phi) is 4.81. The molecule has 2 aromatic carbocycles. The highest BCUT2D eigenvalue weighted by molar-refractivity contribution is 7.92. The van der Waals surface area contributed by atoms with Crippen molar-refractivity contribution in [3.05, 3.63) is 48.5 Å². The SMILES string of the molecule is CS(=O)(=O)Nc1ccc(Oc2ccc(NS(C)(=O)=O)cc2)cc1. The second kappa shape index (κ2) is 6.47. The molecule has 0 aliphatic heterocycles. The van der Waals surface area contributed by atoms with Crippen LogP contribution in [0, 0.1) is 0 Å². The van der Waals surface area contributed by atoms with Gasteiger partial charge < -0.3 is 4.74 Å². The first kappa shape index (κ1) is 17.1. The van der Waals surface area contributed by atoms with E-state index in [4.69, 9.17) is 4.74 Å². The molecule has 2 N–H and O–H groups in total. The van der Waals surface area contributed by atoms with Crippen LogP contribution < -0.4 is 14.2 Å². The molecule has 124 valence electrons. The van der Waals surface area contributed by atoms with Gasteiger partial charge in [-0.15, -0.1) is 0 Å². The van der Waals surface area contributed by atoms with Gasteiger partial charge in [-0.3, -0.25) is 9.44 Å². The Labute approximate surface area is 135 Å². The van der Waals surface area contributed by atoms with Crippen LogP contribution in [0.15, 0.2) is 48.5 Å². The second-order valence-corrected chi connectivity index (χ2v) is 8.40. The summed E-state index contributed by atoms with van der Waals surface area (Å²) >= 11 is 0. The predicted molar refractivity (Wildman–Crippen MR) is 89.9 cm³/mol. The van der Waals surface area contributed by atoms with Crippen molar-refractivity contribution in [3.8, 4) is 11.5 Å². The van der Waals surface area contributed by atoms with Gasteiger partial charge in [0.1, 0.15) is 11.5 Å². The van der Waals surface area contributed by atoms with Crippen LogP contribution in [-0.2, 0) is 20.0 Å². The van der Waals surface area contributed by atoms with Crippen molar-refractivity contribution in [2.24, 2.45) is 0 Å². The molecule has 2 aromatic rings. The monoisotopic (exact) mass is 356 g/mol. The van der Waals surface area contributed by atoms with E-state index < -0.39 is 20.0 Å². The zero-order valence-electron chi connectivity index (χ0n) is 12.5. The lowest BCUT2D eigenvalue weighted by atomic mass is 10.3. The second-order valence-electron chi connectivity index (χ2n) is 4.90. The Morgan fingerprint density at radius 2 is 0.957 bits per heavy atom. The van der Waals surface area contributed by atoms with E-state index in [9.17, 15) is 16.8 Å². The molecule has 2 rings (SSSR count). The Hall–Kier alpha value is -2.26. The molecule has 0 aromatic heterocycles. The quantitative estimate of drug-likeness (QED) is 0.826. The fourth-order valence-corrected chi connectivity index (χ4v) is 2.87. The van der Waals surface area contributed by atoms with Gasteiger partial charge in [-0.1, -0.05) is 0 Å². The van der Waals surface area contributed by atoms with Gasteiger partial charge in [0.2, 0.25) is 20.0 Å². The fraction of sp³-hybridized carbons (Fsp3) is 0.143. The number of benzene rings is 2. The van der Waals surface area contributed by atoms with Crippen molar-refractivity contribution in [1.29, 1.82) is 0 Å². The van der Waals surface area contributed by atoms with Crippen molar-refractivity contribution in [3.63, 3.8) is 0 Å². The molecule has 0 amide bonds. The molecule has 0 aliphatic carbocycles. The van der Waals surface area contributed by atoms with Gasteiger partial charge in [0.25, 0.3) is 0 Å². The van der Waals surface area contributed by atoms with Crippen LogP contribution in [-0.4, -0.2) is 29.3 Å². The minimum atomic E-state index is -3.32. The van der Waals surface area contributed by atoms with Crippen LogP contribution >= 0.6 is 0 Å². The number of ether oxygens (including phenoxy) is 1. The summed E-state index contributed by atoms with van der Waals surface area (Å²) in [6.45, 7) is 0. The summed E-state index contributed by atoms with van der Waals surface area (Å²) < 4.78 is 54.8. The van der Waals surface area contributed by atoms with Crippen molar-refractivity contribution in [1.82, 2.24) is 0 Å². The van der Waals surface area contributed by atoms with Gasteiger partial charge in [-0.05, 0) is 48.5 Å². The van der Waals surface area contributed by atoms with E-state index in [0.717, 1.165) is 12.5 Å². The number of hydrogen-bond acceptors (Lipinski definition) is 5. The molecule has 0 aliphatic rings. The first-order chi connectivity index (χ1) is 10.6. The molecule has 0 unspecified atom stereocenters. The third-order valence-corrected chi connectivity index (χ3v) is 3.76. The number of anilines is 2. The van der Waals surface area contributed by atoms with Gasteiger partial charge in [0, 0.05) is 11.4 Å². The van der Waals surface area contributed by atoms with Crippen LogP contribution in [0.3, 0.4) is 0 Å². The number of rotatable bonds is 6. The van der Waals surface area contributed by atoms with E-state index in [1.54, 1.807) is 48.5 Å².